The number of halogens is 4. The highest BCUT2D eigenvalue weighted by molar-refractivity contribution is 7.91. The third-order valence-electron chi connectivity index (χ3n) is 1.54. The maximum Gasteiger partial charge on any atom is 0.518 e. The van der Waals surface area contributed by atoms with E-state index in [0.717, 1.165) is 4.90 Å². The second-order valence-corrected chi connectivity index (χ2v) is 5.21. The van der Waals surface area contributed by atoms with Crippen molar-refractivity contribution in [1.29, 1.82) is 0 Å². The van der Waals surface area contributed by atoms with Crippen LogP contribution in [0, 0.1) is 5.82 Å². The Kier molecular flexibility index (Phi) is 6.43. The second-order valence-electron chi connectivity index (χ2n) is 3.58. The molecular weight excluding hydrogens is 304 g/mol. The average molecular weight is 316 g/mol. The van der Waals surface area contributed by atoms with Crippen LogP contribution in [0.3, 0.4) is 0 Å². The van der Waals surface area contributed by atoms with Crippen LogP contribution in [0.5, 0.6) is 5.75 Å². The Labute approximate surface area is 113 Å². The van der Waals surface area contributed by atoms with Crippen LogP contribution in [0.4, 0.5) is 17.6 Å². The zero-order valence-corrected chi connectivity index (χ0v) is 11.3. The number of nitrogens with zero attached hydrogens (tertiary/aromatic N) is 2. The van der Waals surface area contributed by atoms with Gasteiger partial charge in [-0.15, -0.1) is 4.40 Å². The van der Waals surface area contributed by atoms with Gasteiger partial charge in [0.15, 0.2) is 0 Å². The van der Waals surface area contributed by atoms with Crippen LogP contribution in [0.25, 0.3) is 0 Å². The summed E-state index contributed by atoms with van der Waals surface area (Å²) in [5, 5.41) is 8.59. The minimum atomic E-state index is -5.37. The SMILES string of the molecule is CN(C)/C=N/S(=O)(=O)C(F)(F)F.Oc1ccc(F)cc1. The minimum absolute atomic E-state index is 0.0893. The smallest absolute Gasteiger partial charge is 0.508 e. The molecule has 20 heavy (non-hydrogen) atoms. The first-order valence-electron chi connectivity index (χ1n) is 4.93. The summed E-state index contributed by atoms with van der Waals surface area (Å²) in [4.78, 5) is 1.09. The summed E-state index contributed by atoms with van der Waals surface area (Å²) in [5.74, 6) is -0.241. The van der Waals surface area contributed by atoms with Crippen molar-refractivity contribution in [2.24, 2.45) is 4.40 Å². The van der Waals surface area contributed by atoms with Crippen molar-refractivity contribution in [2.75, 3.05) is 14.1 Å². The van der Waals surface area contributed by atoms with Crippen molar-refractivity contribution in [3.8, 4) is 5.75 Å². The number of alkyl halides is 3. The Balaban J connectivity index is 0.000000388. The highest BCUT2D eigenvalue weighted by Gasteiger charge is 2.45. The topological polar surface area (TPSA) is 70.0 Å². The normalized spacial score (nSPS) is 11.9. The van der Waals surface area contributed by atoms with Gasteiger partial charge in [0.1, 0.15) is 17.9 Å². The van der Waals surface area contributed by atoms with Gasteiger partial charge in [0.25, 0.3) is 0 Å². The lowest BCUT2D eigenvalue weighted by molar-refractivity contribution is -0.0435. The minimum Gasteiger partial charge on any atom is -0.508 e. The van der Waals surface area contributed by atoms with E-state index in [1.165, 1.54) is 38.4 Å². The van der Waals surface area contributed by atoms with Crippen molar-refractivity contribution in [1.82, 2.24) is 4.90 Å². The van der Waals surface area contributed by atoms with Crippen molar-refractivity contribution in [3.63, 3.8) is 0 Å². The van der Waals surface area contributed by atoms with E-state index in [-0.39, 0.29) is 11.6 Å². The third kappa shape index (κ3) is 6.92. The van der Waals surface area contributed by atoms with Gasteiger partial charge in [-0.05, 0) is 24.3 Å². The first-order valence-corrected chi connectivity index (χ1v) is 6.37. The molecule has 5 nitrogen and oxygen atoms in total. The van der Waals surface area contributed by atoms with Crippen LogP contribution in [0.15, 0.2) is 28.7 Å². The zero-order valence-electron chi connectivity index (χ0n) is 10.5. The Morgan fingerprint density at radius 2 is 1.65 bits per heavy atom. The Hall–Kier alpha value is -1.84. The molecule has 0 radical (unpaired) electrons. The van der Waals surface area contributed by atoms with Gasteiger partial charge in [0, 0.05) is 14.1 Å². The summed E-state index contributed by atoms with van der Waals surface area (Å²) in [6.07, 6.45) is 0.572. The van der Waals surface area contributed by atoms with E-state index in [0.29, 0.717) is 6.34 Å². The fraction of sp³-hybridized carbons (Fsp3) is 0.300. The van der Waals surface area contributed by atoms with Crippen molar-refractivity contribution >= 4 is 16.4 Å². The standard InChI is InChI=1S/C6H5FO.C4H7F3N2O2S/c7-5-1-3-6(8)4-2-5;1-9(2)3-8-12(10,11)4(5,6)7/h1-4,8H;3H,1-2H3/b;8-3+. The molecule has 0 saturated heterocycles. The maximum atomic E-state index is 12.0. The lowest BCUT2D eigenvalue weighted by Crippen LogP contribution is -2.22. The van der Waals surface area contributed by atoms with E-state index in [1.54, 1.807) is 0 Å². The number of sulfonamides is 1. The summed E-state index contributed by atoms with van der Waals surface area (Å²) in [6.45, 7) is 0. The summed E-state index contributed by atoms with van der Waals surface area (Å²) in [5.41, 5.74) is -5.32. The Morgan fingerprint density at radius 3 is 1.95 bits per heavy atom. The number of phenolic OH excluding ortho intramolecular Hbond substituents is 1. The number of hydrogen-bond acceptors (Lipinski definition) is 3. The second kappa shape index (κ2) is 7.08. The molecule has 0 fully saturated rings. The monoisotopic (exact) mass is 316 g/mol. The van der Waals surface area contributed by atoms with Gasteiger partial charge in [-0.2, -0.15) is 21.6 Å². The molecule has 0 saturated carbocycles. The number of phenols is 1. The molecule has 0 spiro atoms. The first kappa shape index (κ1) is 18.2. The highest BCUT2D eigenvalue weighted by atomic mass is 32.2. The van der Waals surface area contributed by atoms with Crippen molar-refractivity contribution < 1.29 is 31.1 Å². The lowest BCUT2D eigenvalue weighted by Gasteiger charge is -2.04. The van der Waals surface area contributed by atoms with Crippen LogP contribution in [0.1, 0.15) is 0 Å². The van der Waals surface area contributed by atoms with Crippen molar-refractivity contribution in [2.45, 2.75) is 5.51 Å². The molecule has 1 N–H and O–H groups in total. The van der Waals surface area contributed by atoms with Gasteiger partial charge in [-0.1, -0.05) is 0 Å². The van der Waals surface area contributed by atoms with E-state index in [1.807, 2.05) is 0 Å². The molecule has 0 amide bonds. The highest BCUT2D eigenvalue weighted by Crippen LogP contribution is 2.24. The fourth-order valence-corrected chi connectivity index (χ4v) is 1.09. The van der Waals surface area contributed by atoms with E-state index in [2.05, 4.69) is 4.40 Å². The third-order valence-corrected chi connectivity index (χ3v) is 2.49. The van der Waals surface area contributed by atoms with Gasteiger partial charge in [-0.3, -0.25) is 0 Å². The molecule has 1 aromatic carbocycles. The lowest BCUT2D eigenvalue weighted by atomic mass is 10.3. The number of benzene rings is 1. The molecule has 0 aliphatic carbocycles. The summed E-state index contributed by atoms with van der Waals surface area (Å²) in [6, 6.07) is 5.01. The van der Waals surface area contributed by atoms with Gasteiger partial charge in [-0.25, -0.2) is 4.39 Å². The van der Waals surface area contributed by atoms with Crippen molar-refractivity contribution in [3.05, 3.63) is 30.1 Å². The van der Waals surface area contributed by atoms with Gasteiger partial charge in [0.2, 0.25) is 0 Å². The fourth-order valence-electron chi connectivity index (χ4n) is 0.657. The predicted octanol–water partition coefficient (Wildman–Crippen LogP) is 1.96. The first-order chi connectivity index (χ1) is 8.95. The van der Waals surface area contributed by atoms with Gasteiger partial charge >= 0.3 is 15.5 Å². The molecule has 0 bridgehead atoms. The zero-order chi connectivity index (χ0) is 16.0. The number of aromatic hydroxyl groups is 1. The number of hydrogen-bond donors (Lipinski definition) is 1. The van der Waals surface area contributed by atoms with Crippen LogP contribution in [-0.2, 0) is 10.0 Å². The summed E-state index contributed by atoms with van der Waals surface area (Å²) >= 11 is 0. The largest absolute Gasteiger partial charge is 0.518 e. The molecule has 0 heterocycles. The van der Waals surface area contributed by atoms with E-state index in [9.17, 15) is 26.0 Å². The molecule has 0 aromatic heterocycles. The summed E-state index contributed by atoms with van der Waals surface area (Å²) in [7, 11) is -2.65. The molecule has 1 aromatic rings. The van der Waals surface area contributed by atoms with Crippen LogP contribution in [0.2, 0.25) is 0 Å². The molecule has 1 rings (SSSR count). The Morgan fingerprint density at radius 1 is 1.20 bits per heavy atom. The maximum absolute atomic E-state index is 12.0. The average Bonchev–Trinajstić information content (AvgIpc) is 2.30. The molecule has 0 aliphatic rings. The molecular formula is C10H12F4N2O3S. The molecule has 114 valence electrons. The predicted molar refractivity (Wildman–Crippen MR) is 65.2 cm³/mol. The molecule has 0 atom stereocenters. The number of rotatable bonds is 2. The van der Waals surface area contributed by atoms with E-state index in [4.69, 9.17) is 5.11 Å². The van der Waals surface area contributed by atoms with Gasteiger partial charge < -0.3 is 10.0 Å². The van der Waals surface area contributed by atoms with E-state index < -0.39 is 15.5 Å². The molecule has 10 heteroatoms. The van der Waals surface area contributed by atoms with Crippen LogP contribution in [-0.4, -0.2) is 44.4 Å². The summed E-state index contributed by atoms with van der Waals surface area (Å²) < 4.78 is 69.5. The quantitative estimate of drug-likeness (QED) is 0.514. The molecule has 0 aliphatic heterocycles. The Bertz CT molecular complexity index is 518. The van der Waals surface area contributed by atoms with E-state index >= 15 is 0 Å². The molecule has 0 unspecified atom stereocenters. The van der Waals surface area contributed by atoms with Crippen LogP contribution < -0.4 is 0 Å². The van der Waals surface area contributed by atoms with Crippen LogP contribution >= 0.6 is 0 Å². The van der Waals surface area contributed by atoms with Gasteiger partial charge in [0.05, 0.1) is 0 Å².